The lowest BCUT2D eigenvalue weighted by atomic mass is 10.2. The van der Waals surface area contributed by atoms with Gasteiger partial charge >= 0.3 is 0 Å². The first-order valence-electron chi connectivity index (χ1n) is 6.01. The second-order valence-electron chi connectivity index (χ2n) is 4.18. The third kappa shape index (κ3) is 3.42. The zero-order valence-electron chi connectivity index (χ0n) is 10.9. The number of benzene rings is 1. The molecule has 0 saturated heterocycles. The van der Waals surface area contributed by atoms with Crippen molar-refractivity contribution in [3.63, 3.8) is 0 Å². The number of aryl methyl sites for hydroxylation is 2. The molecule has 2 aromatic rings. The van der Waals surface area contributed by atoms with E-state index in [9.17, 15) is 8.42 Å². The Bertz CT molecular complexity index is 645. The summed E-state index contributed by atoms with van der Waals surface area (Å²) in [6.45, 7) is 3.85. The fourth-order valence-corrected chi connectivity index (χ4v) is 2.64. The summed E-state index contributed by atoms with van der Waals surface area (Å²) in [6.07, 6.45) is 2.32. The normalized spacial score (nSPS) is 11.7. The van der Waals surface area contributed by atoms with Gasteiger partial charge in [-0.15, -0.1) is 0 Å². The van der Waals surface area contributed by atoms with Crippen LogP contribution in [0.3, 0.4) is 0 Å². The van der Waals surface area contributed by atoms with Crippen molar-refractivity contribution in [1.82, 2.24) is 9.71 Å². The lowest BCUT2D eigenvalue weighted by Gasteiger charge is -2.05. The summed E-state index contributed by atoms with van der Waals surface area (Å²) in [7, 11) is -3.51. The van der Waals surface area contributed by atoms with Crippen LogP contribution in [0.1, 0.15) is 24.1 Å². The third-order valence-electron chi connectivity index (χ3n) is 2.75. The van der Waals surface area contributed by atoms with E-state index in [0.717, 1.165) is 12.0 Å². The number of aromatic nitrogens is 1. The Hall–Kier alpha value is -1.66. The molecule has 0 bridgehead atoms. The molecule has 1 aromatic heterocycles. The van der Waals surface area contributed by atoms with Crippen LogP contribution in [0.15, 0.2) is 39.8 Å². The molecule has 0 aliphatic carbocycles. The molecule has 0 spiro atoms. The molecule has 2 rings (SSSR count). The van der Waals surface area contributed by atoms with Gasteiger partial charge in [0.25, 0.3) is 0 Å². The Morgan fingerprint density at radius 1 is 1.26 bits per heavy atom. The second-order valence-corrected chi connectivity index (χ2v) is 5.95. The zero-order chi connectivity index (χ0) is 13.9. The fourth-order valence-electron chi connectivity index (χ4n) is 1.65. The largest absolute Gasteiger partial charge is 0.449 e. The average Bonchev–Trinajstić information content (AvgIpc) is 2.82. The predicted molar refractivity (Wildman–Crippen MR) is 71.1 cm³/mol. The van der Waals surface area contributed by atoms with Crippen molar-refractivity contribution in [2.45, 2.75) is 31.7 Å². The van der Waals surface area contributed by atoms with Crippen molar-refractivity contribution in [2.24, 2.45) is 0 Å². The first-order chi connectivity index (χ1) is 9.01. The van der Waals surface area contributed by atoms with E-state index < -0.39 is 10.0 Å². The van der Waals surface area contributed by atoms with Gasteiger partial charge in [-0.2, -0.15) is 0 Å². The lowest BCUT2D eigenvalue weighted by Crippen LogP contribution is -2.23. The van der Waals surface area contributed by atoms with E-state index in [1.165, 1.54) is 6.26 Å². The van der Waals surface area contributed by atoms with Crippen LogP contribution < -0.4 is 4.72 Å². The van der Waals surface area contributed by atoms with Crippen molar-refractivity contribution >= 4 is 10.0 Å². The van der Waals surface area contributed by atoms with Gasteiger partial charge in [-0.1, -0.05) is 19.1 Å². The van der Waals surface area contributed by atoms with Crippen LogP contribution in [0, 0.1) is 6.92 Å². The molecule has 6 heteroatoms. The lowest BCUT2D eigenvalue weighted by molar-refractivity contribution is 0.520. The number of hydrogen-bond donors (Lipinski definition) is 1. The maximum atomic E-state index is 12.0. The van der Waals surface area contributed by atoms with Crippen molar-refractivity contribution in [3.8, 4) is 0 Å². The van der Waals surface area contributed by atoms with Crippen LogP contribution in [0.4, 0.5) is 0 Å². The van der Waals surface area contributed by atoms with Crippen LogP contribution in [0.25, 0.3) is 0 Å². The van der Waals surface area contributed by atoms with Gasteiger partial charge in [0, 0.05) is 6.92 Å². The number of oxazole rings is 1. The highest BCUT2D eigenvalue weighted by atomic mass is 32.2. The molecule has 0 fully saturated rings. The molecule has 5 nitrogen and oxygen atoms in total. The monoisotopic (exact) mass is 280 g/mol. The second kappa shape index (κ2) is 5.54. The standard InChI is InChI=1S/C13H16N2O3S/c1-3-11-4-6-13(7-5-11)19(16,17)14-8-12-9-18-10(2)15-12/h4-7,9,14H,3,8H2,1-2H3. The van der Waals surface area contributed by atoms with Crippen LogP contribution in [0.2, 0.25) is 0 Å². The van der Waals surface area contributed by atoms with Crippen LogP contribution >= 0.6 is 0 Å². The summed E-state index contributed by atoms with van der Waals surface area (Å²) in [4.78, 5) is 4.30. The first kappa shape index (κ1) is 13.8. The Balaban J connectivity index is 2.09. The van der Waals surface area contributed by atoms with E-state index in [0.29, 0.717) is 11.6 Å². The van der Waals surface area contributed by atoms with Gasteiger partial charge in [-0.3, -0.25) is 0 Å². The van der Waals surface area contributed by atoms with Crippen molar-refractivity contribution in [2.75, 3.05) is 0 Å². The highest BCUT2D eigenvalue weighted by molar-refractivity contribution is 7.89. The summed E-state index contributed by atoms with van der Waals surface area (Å²) in [6, 6.07) is 6.84. The fraction of sp³-hybridized carbons (Fsp3) is 0.308. The molecular formula is C13H16N2O3S. The quantitative estimate of drug-likeness (QED) is 0.909. The van der Waals surface area contributed by atoms with E-state index in [2.05, 4.69) is 9.71 Å². The molecule has 0 unspecified atom stereocenters. The Kier molecular flexibility index (Phi) is 4.01. The third-order valence-corrected chi connectivity index (χ3v) is 4.17. The Labute approximate surface area is 112 Å². The van der Waals surface area contributed by atoms with E-state index in [1.807, 2.05) is 19.1 Å². The van der Waals surface area contributed by atoms with Gasteiger partial charge in [0.05, 0.1) is 17.1 Å². The van der Waals surface area contributed by atoms with Gasteiger partial charge in [0.1, 0.15) is 6.26 Å². The molecule has 0 saturated carbocycles. The van der Waals surface area contributed by atoms with Gasteiger partial charge in [-0.05, 0) is 24.1 Å². The number of hydrogen-bond acceptors (Lipinski definition) is 4. The molecule has 1 heterocycles. The van der Waals surface area contributed by atoms with E-state index in [-0.39, 0.29) is 11.4 Å². The average molecular weight is 280 g/mol. The van der Waals surface area contributed by atoms with E-state index >= 15 is 0 Å². The van der Waals surface area contributed by atoms with Crippen molar-refractivity contribution < 1.29 is 12.8 Å². The first-order valence-corrected chi connectivity index (χ1v) is 7.49. The highest BCUT2D eigenvalue weighted by Gasteiger charge is 2.14. The molecular weight excluding hydrogens is 264 g/mol. The van der Waals surface area contributed by atoms with Gasteiger partial charge in [0.15, 0.2) is 5.89 Å². The highest BCUT2D eigenvalue weighted by Crippen LogP contribution is 2.11. The zero-order valence-corrected chi connectivity index (χ0v) is 11.7. The molecule has 102 valence electrons. The van der Waals surface area contributed by atoms with Crippen molar-refractivity contribution in [3.05, 3.63) is 47.7 Å². The minimum atomic E-state index is -3.51. The molecule has 0 amide bonds. The summed E-state index contributed by atoms with van der Waals surface area (Å²) in [5.74, 6) is 0.515. The van der Waals surface area contributed by atoms with Gasteiger partial charge in [0.2, 0.25) is 10.0 Å². The van der Waals surface area contributed by atoms with E-state index in [4.69, 9.17) is 4.42 Å². The van der Waals surface area contributed by atoms with Crippen LogP contribution in [-0.2, 0) is 23.0 Å². The smallest absolute Gasteiger partial charge is 0.240 e. The summed E-state index contributed by atoms with van der Waals surface area (Å²) >= 11 is 0. The minimum absolute atomic E-state index is 0.120. The molecule has 0 radical (unpaired) electrons. The minimum Gasteiger partial charge on any atom is -0.449 e. The van der Waals surface area contributed by atoms with Crippen molar-refractivity contribution in [1.29, 1.82) is 0 Å². The summed E-state index contributed by atoms with van der Waals surface area (Å²) in [5.41, 5.74) is 1.66. The molecule has 0 atom stereocenters. The Morgan fingerprint density at radius 2 is 1.95 bits per heavy atom. The molecule has 19 heavy (non-hydrogen) atoms. The molecule has 0 aliphatic heterocycles. The van der Waals surface area contributed by atoms with Gasteiger partial charge in [-0.25, -0.2) is 18.1 Å². The number of rotatable bonds is 5. The van der Waals surface area contributed by atoms with E-state index in [1.54, 1.807) is 19.1 Å². The predicted octanol–water partition coefficient (Wildman–Crippen LogP) is 2.02. The molecule has 1 N–H and O–H groups in total. The summed E-state index contributed by atoms with van der Waals surface area (Å²) < 4.78 is 31.6. The van der Waals surface area contributed by atoms with Gasteiger partial charge < -0.3 is 4.42 Å². The topological polar surface area (TPSA) is 72.2 Å². The molecule has 1 aromatic carbocycles. The Morgan fingerprint density at radius 3 is 2.47 bits per heavy atom. The van der Waals surface area contributed by atoms with Crippen LogP contribution in [-0.4, -0.2) is 13.4 Å². The maximum Gasteiger partial charge on any atom is 0.240 e. The SMILES string of the molecule is CCc1ccc(S(=O)(=O)NCc2coc(C)n2)cc1. The number of nitrogens with one attached hydrogen (secondary N) is 1. The number of sulfonamides is 1. The molecule has 0 aliphatic rings. The van der Waals surface area contributed by atoms with Crippen LogP contribution in [0.5, 0.6) is 0 Å². The summed E-state index contributed by atoms with van der Waals surface area (Å²) in [5, 5.41) is 0. The maximum absolute atomic E-state index is 12.0. The number of nitrogens with zero attached hydrogens (tertiary/aromatic N) is 1.